The lowest BCUT2D eigenvalue weighted by Crippen LogP contribution is -2.36. The van der Waals surface area contributed by atoms with Crippen LogP contribution >= 0.6 is 0 Å². The molecule has 24 heavy (non-hydrogen) atoms. The Bertz CT molecular complexity index is 854. The van der Waals surface area contributed by atoms with E-state index in [9.17, 15) is 14.0 Å². The summed E-state index contributed by atoms with van der Waals surface area (Å²) in [6.07, 6.45) is 0.639. The Hall–Kier alpha value is -2.57. The van der Waals surface area contributed by atoms with Gasteiger partial charge in [-0.1, -0.05) is 0 Å². The second-order valence-corrected chi connectivity index (χ2v) is 6.19. The zero-order chi connectivity index (χ0) is 17.4. The van der Waals surface area contributed by atoms with Gasteiger partial charge in [0, 0.05) is 29.7 Å². The number of rotatable bonds is 4. The molecule has 0 saturated carbocycles. The lowest BCUT2D eigenvalue weighted by molar-refractivity contribution is 0.356. The van der Waals surface area contributed by atoms with Crippen LogP contribution in [0.5, 0.6) is 5.75 Å². The Morgan fingerprint density at radius 2 is 2.04 bits per heavy atom. The number of nitrogens with zero attached hydrogens (tertiary/aromatic N) is 1. The third kappa shape index (κ3) is 2.81. The number of hydrogen-bond acceptors (Lipinski definition) is 4. The molecule has 0 unspecified atom stereocenters. The van der Waals surface area contributed by atoms with Gasteiger partial charge in [0.1, 0.15) is 17.4 Å². The Kier molecular flexibility index (Phi) is 4.17. The molecule has 1 aliphatic rings. The van der Waals surface area contributed by atoms with Gasteiger partial charge in [0.15, 0.2) is 0 Å². The SMILES string of the molecule is CC(C)n1c(=O)cc(N[C@@H](C)c2c(F)ccc3c2CCO3)[nH]c1=O. The first kappa shape index (κ1) is 16.3. The second kappa shape index (κ2) is 6.14. The Balaban J connectivity index is 1.95. The Morgan fingerprint density at radius 3 is 2.71 bits per heavy atom. The van der Waals surface area contributed by atoms with Gasteiger partial charge in [-0.15, -0.1) is 0 Å². The van der Waals surface area contributed by atoms with Crippen LogP contribution in [0.3, 0.4) is 0 Å². The van der Waals surface area contributed by atoms with Crippen molar-refractivity contribution in [3.63, 3.8) is 0 Å². The van der Waals surface area contributed by atoms with Gasteiger partial charge < -0.3 is 10.1 Å². The molecule has 6 nitrogen and oxygen atoms in total. The summed E-state index contributed by atoms with van der Waals surface area (Å²) in [6.45, 7) is 5.83. The number of anilines is 1. The zero-order valence-electron chi connectivity index (χ0n) is 13.9. The van der Waals surface area contributed by atoms with Crippen molar-refractivity contribution < 1.29 is 9.13 Å². The van der Waals surface area contributed by atoms with Gasteiger partial charge in [-0.3, -0.25) is 14.3 Å². The van der Waals surface area contributed by atoms with Crippen LogP contribution in [0, 0.1) is 5.82 Å². The molecule has 2 aromatic rings. The molecule has 0 amide bonds. The average Bonchev–Trinajstić information content (AvgIpc) is 2.93. The largest absolute Gasteiger partial charge is 0.493 e. The molecule has 7 heteroatoms. The molecule has 1 aliphatic heterocycles. The molecular formula is C17H20FN3O3. The van der Waals surface area contributed by atoms with Gasteiger partial charge in [-0.05, 0) is 32.9 Å². The predicted octanol–water partition coefficient (Wildman–Crippen LogP) is 2.36. The molecule has 1 aromatic heterocycles. The van der Waals surface area contributed by atoms with E-state index in [4.69, 9.17) is 4.74 Å². The van der Waals surface area contributed by atoms with Gasteiger partial charge in [0.2, 0.25) is 0 Å². The Labute approximate surface area is 138 Å². The van der Waals surface area contributed by atoms with Gasteiger partial charge in [-0.2, -0.15) is 0 Å². The molecule has 1 aromatic carbocycles. The van der Waals surface area contributed by atoms with Crippen molar-refractivity contribution in [2.75, 3.05) is 11.9 Å². The number of nitrogens with one attached hydrogen (secondary N) is 2. The molecule has 0 spiro atoms. The lowest BCUT2D eigenvalue weighted by atomic mass is 9.98. The first-order valence-corrected chi connectivity index (χ1v) is 7.95. The minimum Gasteiger partial charge on any atom is -0.493 e. The summed E-state index contributed by atoms with van der Waals surface area (Å²) in [5.74, 6) is 0.617. The first-order valence-electron chi connectivity index (χ1n) is 7.95. The quantitative estimate of drug-likeness (QED) is 0.901. The van der Waals surface area contributed by atoms with E-state index >= 15 is 0 Å². The van der Waals surface area contributed by atoms with E-state index in [0.29, 0.717) is 24.3 Å². The Morgan fingerprint density at radius 1 is 1.29 bits per heavy atom. The molecule has 0 fully saturated rings. The fourth-order valence-corrected chi connectivity index (χ4v) is 3.12. The maximum absolute atomic E-state index is 14.3. The summed E-state index contributed by atoms with van der Waals surface area (Å²) in [5, 5.41) is 3.01. The molecule has 128 valence electrons. The monoisotopic (exact) mass is 333 g/mol. The van der Waals surface area contributed by atoms with E-state index in [-0.39, 0.29) is 17.7 Å². The second-order valence-electron chi connectivity index (χ2n) is 6.19. The number of aromatic nitrogens is 2. The summed E-state index contributed by atoms with van der Waals surface area (Å²) in [7, 11) is 0. The molecule has 0 radical (unpaired) electrons. The van der Waals surface area contributed by atoms with Gasteiger partial charge in [-0.25, -0.2) is 9.18 Å². The van der Waals surface area contributed by atoms with Crippen LogP contribution in [0.1, 0.15) is 44.0 Å². The number of hydrogen-bond donors (Lipinski definition) is 2. The minimum absolute atomic E-state index is 0.236. The van der Waals surface area contributed by atoms with E-state index in [2.05, 4.69) is 10.3 Å². The number of aromatic amines is 1. The summed E-state index contributed by atoms with van der Waals surface area (Å²) in [4.78, 5) is 26.8. The number of H-pyrrole nitrogens is 1. The fraction of sp³-hybridized carbons (Fsp3) is 0.412. The maximum atomic E-state index is 14.3. The van der Waals surface area contributed by atoms with Gasteiger partial charge in [0.05, 0.1) is 12.6 Å². The van der Waals surface area contributed by atoms with Crippen molar-refractivity contribution >= 4 is 5.82 Å². The van der Waals surface area contributed by atoms with Crippen molar-refractivity contribution in [2.24, 2.45) is 0 Å². The van der Waals surface area contributed by atoms with Crippen molar-refractivity contribution in [1.82, 2.24) is 9.55 Å². The third-order valence-electron chi connectivity index (χ3n) is 4.16. The van der Waals surface area contributed by atoms with Crippen molar-refractivity contribution in [3.05, 3.63) is 56.0 Å². The average molecular weight is 333 g/mol. The van der Waals surface area contributed by atoms with E-state index in [0.717, 1.165) is 10.1 Å². The molecule has 0 aliphatic carbocycles. The summed E-state index contributed by atoms with van der Waals surface area (Å²) >= 11 is 0. The molecule has 3 rings (SSSR count). The van der Waals surface area contributed by atoms with E-state index in [1.54, 1.807) is 26.8 Å². The fourth-order valence-electron chi connectivity index (χ4n) is 3.12. The van der Waals surface area contributed by atoms with Crippen LogP contribution in [0.25, 0.3) is 0 Å². The number of ether oxygens (including phenoxy) is 1. The van der Waals surface area contributed by atoms with Crippen molar-refractivity contribution in [1.29, 1.82) is 0 Å². The summed E-state index contributed by atoms with van der Waals surface area (Å²) in [6, 6.07) is 3.65. The van der Waals surface area contributed by atoms with E-state index < -0.39 is 17.3 Å². The van der Waals surface area contributed by atoms with Crippen molar-refractivity contribution in [3.8, 4) is 5.75 Å². The highest BCUT2D eigenvalue weighted by Crippen LogP contribution is 2.34. The molecule has 1 atom stereocenters. The van der Waals surface area contributed by atoms with Crippen LogP contribution in [-0.4, -0.2) is 16.2 Å². The van der Waals surface area contributed by atoms with Crippen LogP contribution in [0.4, 0.5) is 10.2 Å². The molecule has 2 N–H and O–H groups in total. The molecule has 0 saturated heterocycles. The highest BCUT2D eigenvalue weighted by molar-refractivity contribution is 5.48. The van der Waals surface area contributed by atoms with Crippen LogP contribution < -0.4 is 21.3 Å². The smallest absolute Gasteiger partial charge is 0.330 e. The first-order chi connectivity index (χ1) is 11.4. The molecule has 0 bridgehead atoms. The predicted molar refractivity (Wildman–Crippen MR) is 89.3 cm³/mol. The van der Waals surface area contributed by atoms with Gasteiger partial charge >= 0.3 is 5.69 Å². The zero-order valence-corrected chi connectivity index (χ0v) is 13.9. The summed E-state index contributed by atoms with van der Waals surface area (Å²) < 4.78 is 20.9. The normalized spacial score (nSPS) is 14.4. The molecule has 2 heterocycles. The number of halogens is 1. The summed E-state index contributed by atoms with van der Waals surface area (Å²) in [5.41, 5.74) is 0.437. The number of benzene rings is 1. The highest BCUT2D eigenvalue weighted by Gasteiger charge is 2.23. The molecular weight excluding hydrogens is 313 g/mol. The van der Waals surface area contributed by atoms with Crippen LogP contribution in [-0.2, 0) is 6.42 Å². The highest BCUT2D eigenvalue weighted by atomic mass is 19.1. The topological polar surface area (TPSA) is 76.1 Å². The van der Waals surface area contributed by atoms with Gasteiger partial charge in [0.25, 0.3) is 5.56 Å². The van der Waals surface area contributed by atoms with Crippen molar-refractivity contribution in [2.45, 2.75) is 39.3 Å². The van der Waals surface area contributed by atoms with E-state index in [1.165, 1.54) is 12.1 Å². The number of fused-ring (bicyclic) bond motifs is 1. The third-order valence-corrected chi connectivity index (χ3v) is 4.16. The minimum atomic E-state index is -0.491. The lowest BCUT2D eigenvalue weighted by Gasteiger charge is -2.19. The van der Waals surface area contributed by atoms with E-state index in [1.807, 2.05) is 0 Å². The van der Waals surface area contributed by atoms with Crippen LogP contribution in [0.15, 0.2) is 27.8 Å². The maximum Gasteiger partial charge on any atom is 0.330 e. The van der Waals surface area contributed by atoms with Crippen LogP contribution in [0.2, 0.25) is 0 Å². The standard InChI is InChI=1S/C17H20FN3O3/c1-9(2)21-15(22)8-14(20-17(21)23)19-10(3)16-11-6-7-24-13(11)5-4-12(16)18/h4-5,8-10,19H,6-7H2,1-3H3,(H,20,23)/t10-/m0/s1.